The van der Waals surface area contributed by atoms with Crippen molar-refractivity contribution in [2.45, 2.75) is 51.1 Å². The van der Waals surface area contributed by atoms with Crippen molar-refractivity contribution in [2.24, 2.45) is 0 Å². The Hall–Kier alpha value is -2.17. The maximum Gasteiger partial charge on any atom is 0.240 e. The third kappa shape index (κ3) is 2.87. The molecule has 1 fully saturated rings. The maximum atomic E-state index is 13.2. The van der Waals surface area contributed by atoms with Gasteiger partial charge in [0.2, 0.25) is 5.91 Å². The molecule has 1 aromatic heterocycles. The molecule has 0 aliphatic heterocycles. The molecule has 1 N–H and O–H groups in total. The number of hydrogen-bond acceptors (Lipinski definition) is 2. The number of amides is 1. The van der Waals surface area contributed by atoms with Crippen LogP contribution in [0.1, 0.15) is 38.1 Å². The van der Waals surface area contributed by atoms with Crippen molar-refractivity contribution < 1.29 is 9.18 Å². The molecule has 0 radical (unpaired) electrons. The fourth-order valence-corrected chi connectivity index (χ4v) is 3.21. The minimum atomic E-state index is -0.254. The number of imidazole rings is 1. The van der Waals surface area contributed by atoms with E-state index in [0.29, 0.717) is 0 Å². The average molecular weight is 315 g/mol. The van der Waals surface area contributed by atoms with Crippen molar-refractivity contribution in [2.75, 3.05) is 0 Å². The zero-order chi connectivity index (χ0) is 16.7. The SMILES string of the molecule is Cc1nccn1CC(=O)NC1(C(C)(C)c2ccc(F)cc2)CC1. The first-order valence-corrected chi connectivity index (χ1v) is 7.89. The summed E-state index contributed by atoms with van der Waals surface area (Å²) in [6.45, 7) is 6.36. The van der Waals surface area contributed by atoms with E-state index in [0.717, 1.165) is 24.2 Å². The minimum absolute atomic E-state index is 0.0150. The summed E-state index contributed by atoms with van der Waals surface area (Å²) in [6.07, 6.45) is 5.37. The molecule has 4 nitrogen and oxygen atoms in total. The Morgan fingerprint density at radius 1 is 1.35 bits per heavy atom. The van der Waals surface area contributed by atoms with Gasteiger partial charge >= 0.3 is 0 Å². The fourth-order valence-electron chi connectivity index (χ4n) is 3.21. The van der Waals surface area contributed by atoms with Crippen LogP contribution in [0.2, 0.25) is 0 Å². The number of aryl methyl sites for hydroxylation is 1. The highest BCUT2D eigenvalue weighted by Crippen LogP contribution is 2.51. The molecule has 0 unspecified atom stereocenters. The van der Waals surface area contributed by atoms with Gasteiger partial charge in [-0.15, -0.1) is 0 Å². The molecule has 1 aromatic carbocycles. The highest BCUT2D eigenvalue weighted by Gasteiger charge is 2.55. The standard InChI is InChI=1S/C18H22FN3O/c1-13-20-10-11-22(13)12-16(23)21-18(8-9-18)17(2,3)14-4-6-15(19)7-5-14/h4-7,10-11H,8-9,12H2,1-3H3,(H,21,23). The number of nitrogens with one attached hydrogen (secondary N) is 1. The molecule has 0 atom stereocenters. The maximum absolute atomic E-state index is 13.2. The van der Waals surface area contributed by atoms with Gasteiger partial charge < -0.3 is 9.88 Å². The smallest absolute Gasteiger partial charge is 0.240 e. The minimum Gasteiger partial charge on any atom is -0.348 e. The third-order valence-electron chi connectivity index (χ3n) is 5.13. The summed E-state index contributed by atoms with van der Waals surface area (Å²) in [5.41, 5.74) is 0.534. The van der Waals surface area contributed by atoms with Crippen molar-refractivity contribution in [3.05, 3.63) is 53.9 Å². The Morgan fingerprint density at radius 2 is 2.00 bits per heavy atom. The summed E-state index contributed by atoms with van der Waals surface area (Å²) in [4.78, 5) is 16.6. The molecule has 0 spiro atoms. The van der Waals surface area contributed by atoms with Gasteiger partial charge in [-0.05, 0) is 37.5 Å². The van der Waals surface area contributed by atoms with Gasteiger partial charge in [0, 0.05) is 23.3 Å². The highest BCUT2D eigenvalue weighted by atomic mass is 19.1. The van der Waals surface area contributed by atoms with E-state index >= 15 is 0 Å². The monoisotopic (exact) mass is 315 g/mol. The molecule has 0 saturated heterocycles. The number of rotatable bonds is 5. The second kappa shape index (κ2) is 5.48. The number of carbonyl (C=O) groups excluding carboxylic acids is 1. The van der Waals surface area contributed by atoms with Crippen molar-refractivity contribution in [3.63, 3.8) is 0 Å². The van der Waals surface area contributed by atoms with Crippen LogP contribution >= 0.6 is 0 Å². The van der Waals surface area contributed by atoms with Crippen molar-refractivity contribution >= 4 is 5.91 Å². The lowest BCUT2D eigenvalue weighted by Crippen LogP contribution is -2.50. The summed E-state index contributed by atoms with van der Waals surface area (Å²) in [6, 6.07) is 6.57. The van der Waals surface area contributed by atoms with Crippen LogP contribution in [0.15, 0.2) is 36.7 Å². The van der Waals surface area contributed by atoms with Crippen LogP contribution < -0.4 is 5.32 Å². The molecule has 3 rings (SSSR count). The number of carbonyl (C=O) groups is 1. The molecular formula is C18H22FN3O. The Morgan fingerprint density at radius 3 is 2.52 bits per heavy atom. The molecule has 1 amide bonds. The van der Waals surface area contributed by atoms with Gasteiger partial charge in [0.05, 0.1) is 0 Å². The molecule has 122 valence electrons. The summed E-state index contributed by atoms with van der Waals surface area (Å²) in [7, 11) is 0. The molecule has 0 bridgehead atoms. The van der Waals surface area contributed by atoms with Crippen molar-refractivity contribution in [3.8, 4) is 0 Å². The van der Waals surface area contributed by atoms with Crippen LogP contribution in [0.25, 0.3) is 0 Å². The summed E-state index contributed by atoms with van der Waals surface area (Å²) in [5, 5.41) is 3.20. The topological polar surface area (TPSA) is 46.9 Å². The van der Waals surface area contributed by atoms with Gasteiger partial charge in [0.1, 0.15) is 18.2 Å². The first-order valence-electron chi connectivity index (χ1n) is 7.89. The summed E-state index contributed by atoms with van der Waals surface area (Å²) >= 11 is 0. The number of hydrogen-bond donors (Lipinski definition) is 1. The summed E-state index contributed by atoms with van der Waals surface area (Å²) in [5.74, 6) is 0.565. The number of halogens is 1. The number of nitrogens with zero attached hydrogens (tertiary/aromatic N) is 2. The predicted molar refractivity (Wildman–Crippen MR) is 86.5 cm³/mol. The Bertz CT molecular complexity index is 714. The van der Waals surface area contributed by atoms with Crippen LogP contribution in [0.5, 0.6) is 0 Å². The van der Waals surface area contributed by atoms with Crippen molar-refractivity contribution in [1.29, 1.82) is 0 Å². The molecule has 1 heterocycles. The van der Waals surface area contributed by atoms with E-state index in [4.69, 9.17) is 0 Å². The van der Waals surface area contributed by atoms with Crippen LogP contribution in [0.4, 0.5) is 4.39 Å². The van der Waals surface area contributed by atoms with E-state index in [2.05, 4.69) is 24.1 Å². The lowest BCUT2D eigenvalue weighted by atomic mass is 9.75. The first-order chi connectivity index (χ1) is 10.8. The number of aromatic nitrogens is 2. The van der Waals surface area contributed by atoms with Gasteiger partial charge in [0.25, 0.3) is 0 Å². The van der Waals surface area contributed by atoms with Crippen LogP contribution in [0, 0.1) is 12.7 Å². The molecule has 23 heavy (non-hydrogen) atoms. The molecular weight excluding hydrogens is 293 g/mol. The first kappa shape index (κ1) is 15.7. The third-order valence-corrected chi connectivity index (χ3v) is 5.13. The van der Waals surface area contributed by atoms with E-state index in [1.165, 1.54) is 12.1 Å². The molecule has 5 heteroatoms. The Kier molecular flexibility index (Phi) is 3.74. The van der Waals surface area contributed by atoms with E-state index in [-0.39, 0.29) is 29.2 Å². The van der Waals surface area contributed by atoms with Gasteiger partial charge in [-0.3, -0.25) is 4.79 Å². The Balaban J connectivity index is 1.75. The fraction of sp³-hybridized carbons (Fsp3) is 0.444. The van der Waals surface area contributed by atoms with Gasteiger partial charge in [-0.1, -0.05) is 26.0 Å². The second-order valence-corrected chi connectivity index (χ2v) is 6.86. The summed E-state index contributed by atoms with van der Waals surface area (Å²) < 4.78 is 15.0. The predicted octanol–water partition coefficient (Wildman–Crippen LogP) is 2.96. The van der Waals surface area contributed by atoms with Crippen LogP contribution in [-0.2, 0) is 16.8 Å². The average Bonchev–Trinajstić information content (AvgIpc) is 3.18. The molecule has 1 aliphatic carbocycles. The van der Waals surface area contributed by atoms with E-state index in [1.807, 2.05) is 23.6 Å². The van der Waals surface area contributed by atoms with Gasteiger partial charge in [0.15, 0.2) is 0 Å². The van der Waals surface area contributed by atoms with Crippen LogP contribution in [-0.4, -0.2) is 21.0 Å². The zero-order valence-electron chi connectivity index (χ0n) is 13.8. The van der Waals surface area contributed by atoms with Gasteiger partial charge in [-0.2, -0.15) is 0 Å². The lowest BCUT2D eigenvalue weighted by molar-refractivity contribution is -0.123. The molecule has 2 aromatic rings. The van der Waals surface area contributed by atoms with Gasteiger partial charge in [-0.25, -0.2) is 9.37 Å². The van der Waals surface area contributed by atoms with E-state index in [9.17, 15) is 9.18 Å². The second-order valence-electron chi connectivity index (χ2n) is 6.86. The Labute approximate surface area is 135 Å². The molecule has 1 aliphatic rings. The zero-order valence-corrected chi connectivity index (χ0v) is 13.8. The number of benzene rings is 1. The molecule has 1 saturated carbocycles. The quantitative estimate of drug-likeness (QED) is 0.922. The van der Waals surface area contributed by atoms with E-state index in [1.54, 1.807) is 12.4 Å². The van der Waals surface area contributed by atoms with E-state index < -0.39 is 0 Å². The van der Waals surface area contributed by atoms with Crippen molar-refractivity contribution in [1.82, 2.24) is 14.9 Å². The highest BCUT2D eigenvalue weighted by molar-refractivity contribution is 5.77. The lowest BCUT2D eigenvalue weighted by Gasteiger charge is -2.36. The largest absolute Gasteiger partial charge is 0.348 e. The van der Waals surface area contributed by atoms with Crippen LogP contribution in [0.3, 0.4) is 0 Å². The normalized spacial score (nSPS) is 16.2.